The van der Waals surface area contributed by atoms with Gasteiger partial charge in [-0.25, -0.2) is 9.67 Å². The Balaban J connectivity index is 1.60. The highest BCUT2D eigenvalue weighted by molar-refractivity contribution is 7.17. The quantitative estimate of drug-likeness (QED) is 0.798. The van der Waals surface area contributed by atoms with Crippen LogP contribution >= 0.6 is 11.3 Å². The lowest BCUT2D eigenvalue weighted by molar-refractivity contribution is 0.479. The SMILES string of the molecule is NCc1cn(C2CCN(c3nccc4ccsc34)C2)nn1. The average Bonchev–Trinajstić information content (AvgIpc) is 3.25. The van der Waals surface area contributed by atoms with Crippen LogP contribution in [0.2, 0.25) is 0 Å². The molecule has 21 heavy (non-hydrogen) atoms. The van der Waals surface area contributed by atoms with Crippen LogP contribution in [0, 0.1) is 0 Å². The van der Waals surface area contributed by atoms with Gasteiger partial charge >= 0.3 is 0 Å². The van der Waals surface area contributed by atoms with Crippen LogP contribution < -0.4 is 10.6 Å². The normalized spacial score (nSPS) is 18.7. The predicted molar refractivity (Wildman–Crippen MR) is 83.4 cm³/mol. The van der Waals surface area contributed by atoms with Crippen LogP contribution in [0.5, 0.6) is 0 Å². The van der Waals surface area contributed by atoms with E-state index < -0.39 is 0 Å². The molecule has 1 atom stereocenters. The molecule has 2 N–H and O–H groups in total. The molecule has 3 aromatic heterocycles. The van der Waals surface area contributed by atoms with Gasteiger partial charge in [0.25, 0.3) is 0 Å². The molecule has 7 heteroatoms. The van der Waals surface area contributed by atoms with Crippen molar-refractivity contribution in [2.75, 3.05) is 18.0 Å². The van der Waals surface area contributed by atoms with Crippen LogP contribution in [0.3, 0.4) is 0 Å². The van der Waals surface area contributed by atoms with E-state index >= 15 is 0 Å². The summed E-state index contributed by atoms with van der Waals surface area (Å²) in [6.07, 6.45) is 4.89. The van der Waals surface area contributed by atoms with Crippen LogP contribution in [0.4, 0.5) is 5.82 Å². The fourth-order valence-corrected chi connectivity index (χ4v) is 3.75. The molecule has 4 heterocycles. The highest BCUT2D eigenvalue weighted by Crippen LogP contribution is 2.33. The lowest BCUT2D eigenvalue weighted by Gasteiger charge is -2.18. The first-order valence-corrected chi connectivity index (χ1v) is 7.91. The lowest BCUT2D eigenvalue weighted by atomic mass is 10.3. The molecular weight excluding hydrogens is 284 g/mol. The van der Waals surface area contributed by atoms with E-state index in [4.69, 9.17) is 5.73 Å². The van der Waals surface area contributed by atoms with Crippen molar-refractivity contribution < 1.29 is 0 Å². The Kier molecular flexibility index (Phi) is 3.08. The zero-order chi connectivity index (χ0) is 14.2. The van der Waals surface area contributed by atoms with Gasteiger partial charge in [-0.1, -0.05) is 5.21 Å². The summed E-state index contributed by atoms with van der Waals surface area (Å²) in [5.74, 6) is 1.09. The summed E-state index contributed by atoms with van der Waals surface area (Å²) in [6, 6.07) is 4.55. The van der Waals surface area contributed by atoms with Crippen LogP contribution in [-0.2, 0) is 6.54 Å². The standard InChI is InChI=1S/C14H16N6S/c15-7-11-8-20(18-17-11)12-2-5-19(9-12)14-13-10(1-4-16-14)3-6-21-13/h1,3-4,6,8,12H,2,5,7,9,15H2. The third-order valence-electron chi connectivity index (χ3n) is 3.95. The number of pyridine rings is 1. The van der Waals surface area contributed by atoms with Crippen LogP contribution in [0.25, 0.3) is 10.1 Å². The van der Waals surface area contributed by atoms with Gasteiger partial charge in [0.2, 0.25) is 0 Å². The van der Waals surface area contributed by atoms with E-state index in [0.29, 0.717) is 12.6 Å². The number of fused-ring (bicyclic) bond motifs is 1. The largest absolute Gasteiger partial charge is 0.353 e. The van der Waals surface area contributed by atoms with E-state index in [-0.39, 0.29) is 0 Å². The van der Waals surface area contributed by atoms with E-state index in [1.165, 1.54) is 10.1 Å². The summed E-state index contributed by atoms with van der Waals surface area (Å²) >= 11 is 1.75. The van der Waals surface area contributed by atoms with Gasteiger partial charge in [-0.3, -0.25) is 0 Å². The molecule has 0 aromatic carbocycles. The minimum Gasteiger partial charge on any atom is -0.353 e. The van der Waals surface area contributed by atoms with Crippen molar-refractivity contribution in [2.24, 2.45) is 5.73 Å². The Morgan fingerprint density at radius 2 is 2.33 bits per heavy atom. The minimum atomic E-state index is 0.342. The summed E-state index contributed by atoms with van der Waals surface area (Å²) in [5, 5.41) is 11.6. The maximum absolute atomic E-state index is 5.60. The number of rotatable bonds is 3. The smallest absolute Gasteiger partial charge is 0.146 e. The summed E-state index contributed by atoms with van der Waals surface area (Å²) in [5.41, 5.74) is 6.44. The van der Waals surface area contributed by atoms with Crippen molar-refractivity contribution in [3.63, 3.8) is 0 Å². The third-order valence-corrected chi connectivity index (χ3v) is 4.88. The number of hydrogen-bond acceptors (Lipinski definition) is 6. The molecule has 1 unspecified atom stereocenters. The maximum atomic E-state index is 5.60. The van der Waals surface area contributed by atoms with Crippen molar-refractivity contribution in [2.45, 2.75) is 19.0 Å². The fraction of sp³-hybridized carbons (Fsp3) is 0.357. The number of hydrogen-bond donors (Lipinski definition) is 1. The zero-order valence-electron chi connectivity index (χ0n) is 11.5. The molecule has 1 saturated heterocycles. The first-order chi connectivity index (χ1) is 10.3. The summed E-state index contributed by atoms with van der Waals surface area (Å²) in [6.45, 7) is 2.34. The molecule has 0 spiro atoms. The Bertz CT molecular complexity index is 764. The number of thiophene rings is 1. The molecule has 1 fully saturated rings. The first kappa shape index (κ1) is 12.7. The molecule has 1 aliphatic heterocycles. The van der Waals surface area contributed by atoms with Crippen molar-refractivity contribution in [1.29, 1.82) is 0 Å². The zero-order valence-corrected chi connectivity index (χ0v) is 12.3. The fourth-order valence-electron chi connectivity index (χ4n) is 2.84. The van der Waals surface area contributed by atoms with E-state index in [0.717, 1.165) is 31.0 Å². The Hall–Kier alpha value is -1.99. The number of aromatic nitrogens is 4. The van der Waals surface area contributed by atoms with Gasteiger partial charge < -0.3 is 10.6 Å². The molecule has 0 amide bonds. The van der Waals surface area contributed by atoms with Gasteiger partial charge in [-0.05, 0) is 29.3 Å². The molecule has 1 aliphatic rings. The number of anilines is 1. The van der Waals surface area contributed by atoms with Crippen molar-refractivity contribution in [3.8, 4) is 0 Å². The Morgan fingerprint density at radius 3 is 3.19 bits per heavy atom. The number of nitrogens with two attached hydrogens (primary N) is 1. The molecule has 3 aromatic rings. The van der Waals surface area contributed by atoms with Crippen LogP contribution in [0.1, 0.15) is 18.2 Å². The molecule has 0 bridgehead atoms. The highest BCUT2D eigenvalue weighted by Gasteiger charge is 2.27. The van der Waals surface area contributed by atoms with E-state index in [1.807, 2.05) is 17.1 Å². The van der Waals surface area contributed by atoms with Gasteiger partial charge in [0.15, 0.2) is 0 Å². The summed E-state index contributed by atoms with van der Waals surface area (Å²) < 4.78 is 3.20. The van der Waals surface area contributed by atoms with Gasteiger partial charge in [0, 0.05) is 25.8 Å². The molecular formula is C14H16N6S. The van der Waals surface area contributed by atoms with Crippen LogP contribution in [-0.4, -0.2) is 33.1 Å². The average molecular weight is 300 g/mol. The summed E-state index contributed by atoms with van der Waals surface area (Å²) in [4.78, 5) is 6.92. The van der Waals surface area contributed by atoms with Crippen molar-refractivity contribution >= 4 is 27.2 Å². The van der Waals surface area contributed by atoms with Crippen LogP contribution in [0.15, 0.2) is 29.9 Å². The maximum Gasteiger partial charge on any atom is 0.146 e. The van der Waals surface area contributed by atoms with Gasteiger partial charge in [-0.2, -0.15) is 0 Å². The Labute approximate surface area is 126 Å². The Morgan fingerprint density at radius 1 is 1.38 bits per heavy atom. The van der Waals surface area contributed by atoms with E-state index in [2.05, 4.69) is 37.7 Å². The van der Waals surface area contributed by atoms with Crippen molar-refractivity contribution in [3.05, 3.63) is 35.6 Å². The second kappa shape index (κ2) is 5.09. The lowest BCUT2D eigenvalue weighted by Crippen LogP contribution is -2.22. The van der Waals surface area contributed by atoms with E-state index in [1.54, 1.807) is 11.3 Å². The molecule has 0 saturated carbocycles. The molecule has 0 aliphatic carbocycles. The second-order valence-electron chi connectivity index (χ2n) is 5.26. The predicted octanol–water partition coefficient (Wildman–Crippen LogP) is 1.80. The summed E-state index contributed by atoms with van der Waals surface area (Å²) in [7, 11) is 0. The van der Waals surface area contributed by atoms with Gasteiger partial charge in [-0.15, -0.1) is 16.4 Å². The molecule has 108 valence electrons. The van der Waals surface area contributed by atoms with Gasteiger partial charge in [0.05, 0.1) is 22.6 Å². The molecule has 4 rings (SSSR count). The van der Waals surface area contributed by atoms with Crippen molar-refractivity contribution in [1.82, 2.24) is 20.0 Å². The second-order valence-corrected chi connectivity index (χ2v) is 6.17. The molecule has 0 radical (unpaired) electrons. The minimum absolute atomic E-state index is 0.342. The highest BCUT2D eigenvalue weighted by atomic mass is 32.1. The number of nitrogens with zero attached hydrogens (tertiary/aromatic N) is 5. The van der Waals surface area contributed by atoms with Gasteiger partial charge in [0.1, 0.15) is 5.82 Å². The third kappa shape index (κ3) is 2.18. The topological polar surface area (TPSA) is 72.9 Å². The monoisotopic (exact) mass is 300 g/mol. The molecule has 6 nitrogen and oxygen atoms in total. The first-order valence-electron chi connectivity index (χ1n) is 7.03. The van der Waals surface area contributed by atoms with E-state index in [9.17, 15) is 0 Å².